The number of hydrogen-bond donors (Lipinski definition) is 2. The van der Waals surface area contributed by atoms with Crippen LogP contribution in [0, 0.1) is 5.92 Å². The zero-order valence-corrected chi connectivity index (χ0v) is 9.40. The fourth-order valence-corrected chi connectivity index (χ4v) is 1.19. The van der Waals surface area contributed by atoms with Gasteiger partial charge in [0.25, 0.3) is 0 Å². The zero-order valence-electron chi connectivity index (χ0n) is 9.40. The molecule has 78 valence electrons. The Bertz CT molecular complexity index is 168. The van der Waals surface area contributed by atoms with E-state index in [-0.39, 0.29) is 5.91 Å². The summed E-state index contributed by atoms with van der Waals surface area (Å²) in [5, 5.41) is 5.98. The average molecular weight is 186 g/mol. The first-order valence-electron chi connectivity index (χ1n) is 4.96. The summed E-state index contributed by atoms with van der Waals surface area (Å²) in [6.07, 6.45) is 1.04. The van der Waals surface area contributed by atoms with E-state index < -0.39 is 5.54 Å². The Hall–Kier alpha value is -0.570. The molecule has 0 radical (unpaired) electrons. The molecule has 0 aliphatic carbocycles. The first kappa shape index (κ1) is 12.4. The Morgan fingerprint density at radius 1 is 1.46 bits per heavy atom. The minimum atomic E-state index is -0.440. The second-order valence-corrected chi connectivity index (χ2v) is 3.86. The Morgan fingerprint density at radius 2 is 2.00 bits per heavy atom. The summed E-state index contributed by atoms with van der Waals surface area (Å²) in [6.45, 7) is 9.03. The second kappa shape index (κ2) is 5.22. The van der Waals surface area contributed by atoms with Crippen LogP contribution in [0.2, 0.25) is 0 Å². The molecule has 2 N–H and O–H groups in total. The molecule has 0 heterocycles. The van der Waals surface area contributed by atoms with Crippen molar-refractivity contribution in [1.82, 2.24) is 10.6 Å². The van der Waals surface area contributed by atoms with Crippen molar-refractivity contribution < 1.29 is 4.79 Å². The molecule has 0 spiro atoms. The van der Waals surface area contributed by atoms with Gasteiger partial charge in [0.15, 0.2) is 0 Å². The molecule has 13 heavy (non-hydrogen) atoms. The van der Waals surface area contributed by atoms with Gasteiger partial charge in [0.2, 0.25) is 5.91 Å². The van der Waals surface area contributed by atoms with Gasteiger partial charge in [-0.1, -0.05) is 20.8 Å². The monoisotopic (exact) mass is 186 g/mol. The summed E-state index contributed by atoms with van der Waals surface area (Å²) in [4.78, 5) is 11.6. The molecule has 1 unspecified atom stereocenters. The topological polar surface area (TPSA) is 41.1 Å². The van der Waals surface area contributed by atoms with Gasteiger partial charge in [0.1, 0.15) is 0 Å². The van der Waals surface area contributed by atoms with Gasteiger partial charge in [-0.3, -0.25) is 4.79 Å². The molecule has 0 saturated heterocycles. The Morgan fingerprint density at radius 3 is 2.31 bits per heavy atom. The lowest BCUT2D eigenvalue weighted by Crippen LogP contribution is -2.57. The van der Waals surface area contributed by atoms with E-state index in [1.54, 1.807) is 7.05 Å². The predicted octanol–water partition coefficient (Wildman–Crippen LogP) is 1.15. The molecule has 0 aliphatic rings. The Kier molecular flexibility index (Phi) is 4.99. The molecule has 0 saturated carbocycles. The van der Waals surface area contributed by atoms with E-state index in [9.17, 15) is 4.79 Å². The maximum Gasteiger partial charge on any atom is 0.240 e. The summed E-state index contributed by atoms with van der Waals surface area (Å²) in [6, 6.07) is 0. The molecule has 0 aromatic carbocycles. The van der Waals surface area contributed by atoms with E-state index in [1.807, 2.05) is 6.92 Å². The molecule has 1 atom stereocenters. The van der Waals surface area contributed by atoms with Crippen LogP contribution in [-0.2, 0) is 4.79 Å². The van der Waals surface area contributed by atoms with Crippen LogP contribution in [0.4, 0.5) is 0 Å². The number of nitrogens with one attached hydrogen (secondary N) is 2. The SMILES string of the molecule is CCCNC(C)(C(=O)NC)C(C)C. The van der Waals surface area contributed by atoms with Crippen LogP contribution < -0.4 is 10.6 Å². The lowest BCUT2D eigenvalue weighted by molar-refractivity contribution is -0.128. The largest absolute Gasteiger partial charge is 0.358 e. The maximum absolute atomic E-state index is 11.6. The van der Waals surface area contributed by atoms with Gasteiger partial charge in [0, 0.05) is 7.05 Å². The van der Waals surface area contributed by atoms with Crippen LogP contribution >= 0.6 is 0 Å². The number of amides is 1. The smallest absolute Gasteiger partial charge is 0.240 e. The number of hydrogen-bond acceptors (Lipinski definition) is 2. The highest BCUT2D eigenvalue weighted by atomic mass is 16.2. The zero-order chi connectivity index (χ0) is 10.5. The van der Waals surface area contributed by atoms with Crippen molar-refractivity contribution in [2.45, 2.75) is 39.7 Å². The first-order chi connectivity index (χ1) is 5.99. The van der Waals surface area contributed by atoms with Crippen LogP contribution in [0.25, 0.3) is 0 Å². The number of carbonyl (C=O) groups is 1. The van der Waals surface area contributed by atoms with Crippen molar-refractivity contribution >= 4 is 5.91 Å². The van der Waals surface area contributed by atoms with Gasteiger partial charge >= 0.3 is 0 Å². The Balaban J connectivity index is 4.43. The number of rotatable bonds is 5. The predicted molar refractivity (Wildman–Crippen MR) is 55.6 cm³/mol. The lowest BCUT2D eigenvalue weighted by Gasteiger charge is -2.32. The third-order valence-corrected chi connectivity index (χ3v) is 2.60. The molecule has 3 nitrogen and oxygen atoms in total. The van der Waals surface area contributed by atoms with Gasteiger partial charge in [0.05, 0.1) is 5.54 Å². The summed E-state index contributed by atoms with van der Waals surface area (Å²) in [5.74, 6) is 0.356. The van der Waals surface area contributed by atoms with Crippen LogP contribution in [0.15, 0.2) is 0 Å². The van der Waals surface area contributed by atoms with E-state index in [4.69, 9.17) is 0 Å². The summed E-state index contributed by atoms with van der Waals surface area (Å²) in [7, 11) is 1.68. The highest BCUT2D eigenvalue weighted by Gasteiger charge is 2.34. The van der Waals surface area contributed by atoms with Gasteiger partial charge < -0.3 is 10.6 Å². The third-order valence-electron chi connectivity index (χ3n) is 2.60. The van der Waals surface area contributed by atoms with E-state index >= 15 is 0 Å². The second-order valence-electron chi connectivity index (χ2n) is 3.86. The van der Waals surface area contributed by atoms with Crippen LogP contribution in [0.1, 0.15) is 34.1 Å². The first-order valence-corrected chi connectivity index (χ1v) is 4.96. The minimum Gasteiger partial charge on any atom is -0.358 e. The molecule has 3 heteroatoms. The van der Waals surface area contributed by atoms with Crippen LogP contribution in [0.3, 0.4) is 0 Å². The van der Waals surface area contributed by atoms with Crippen LogP contribution in [0.5, 0.6) is 0 Å². The summed E-state index contributed by atoms with van der Waals surface area (Å²) in [5.41, 5.74) is -0.440. The lowest BCUT2D eigenvalue weighted by atomic mass is 9.87. The Labute approximate surface area is 81.3 Å². The fourth-order valence-electron chi connectivity index (χ4n) is 1.19. The molecular formula is C10H22N2O. The molecule has 0 aromatic rings. The molecule has 0 aliphatic heterocycles. The van der Waals surface area contributed by atoms with E-state index in [2.05, 4.69) is 31.4 Å². The van der Waals surface area contributed by atoms with Crippen molar-refractivity contribution in [1.29, 1.82) is 0 Å². The fraction of sp³-hybridized carbons (Fsp3) is 0.900. The highest BCUT2D eigenvalue weighted by molar-refractivity contribution is 5.85. The van der Waals surface area contributed by atoms with E-state index in [0.717, 1.165) is 13.0 Å². The van der Waals surface area contributed by atoms with Gasteiger partial charge in [-0.2, -0.15) is 0 Å². The molecule has 0 bridgehead atoms. The third kappa shape index (κ3) is 2.99. The van der Waals surface area contributed by atoms with Crippen molar-refractivity contribution in [2.24, 2.45) is 5.92 Å². The molecule has 0 aromatic heterocycles. The van der Waals surface area contributed by atoms with Crippen molar-refractivity contribution in [2.75, 3.05) is 13.6 Å². The van der Waals surface area contributed by atoms with Crippen LogP contribution in [-0.4, -0.2) is 25.0 Å². The average Bonchev–Trinajstić information content (AvgIpc) is 2.12. The number of likely N-dealkylation sites (N-methyl/N-ethyl adjacent to an activating group) is 1. The quantitative estimate of drug-likeness (QED) is 0.676. The van der Waals surface area contributed by atoms with Gasteiger partial charge in [-0.25, -0.2) is 0 Å². The van der Waals surface area contributed by atoms with Crippen molar-refractivity contribution in [3.63, 3.8) is 0 Å². The van der Waals surface area contributed by atoms with E-state index in [1.165, 1.54) is 0 Å². The summed E-state index contributed by atoms with van der Waals surface area (Å²) >= 11 is 0. The van der Waals surface area contributed by atoms with Gasteiger partial charge in [-0.15, -0.1) is 0 Å². The maximum atomic E-state index is 11.6. The standard InChI is InChI=1S/C10H22N2O/c1-6-7-12-10(4,8(2)3)9(13)11-5/h8,12H,6-7H2,1-5H3,(H,11,13). The van der Waals surface area contributed by atoms with E-state index in [0.29, 0.717) is 5.92 Å². The summed E-state index contributed by atoms with van der Waals surface area (Å²) < 4.78 is 0. The molecule has 1 amide bonds. The number of carbonyl (C=O) groups excluding carboxylic acids is 1. The molecular weight excluding hydrogens is 164 g/mol. The van der Waals surface area contributed by atoms with Crippen molar-refractivity contribution in [3.8, 4) is 0 Å². The molecule has 0 fully saturated rings. The van der Waals surface area contributed by atoms with Crippen molar-refractivity contribution in [3.05, 3.63) is 0 Å². The minimum absolute atomic E-state index is 0.0657. The normalized spacial score (nSPS) is 15.5. The van der Waals surface area contributed by atoms with Gasteiger partial charge in [-0.05, 0) is 25.8 Å². The molecule has 0 rings (SSSR count). The highest BCUT2D eigenvalue weighted by Crippen LogP contribution is 2.16.